The first-order chi connectivity index (χ1) is 5.31. The van der Waals surface area contributed by atoms with Crippen LogP contribution in [0.25, 0.3) is 0 Å². The van der Waals surface area contributed by atoms with Crippen molar-refractivity contribution in [3.63, 3.8) is 0 Å². The highest BCUT2D eigenvalue weighted by Gasteiger charge is 1.97. The highest BCUT2D eigenvalue weighted by Crippen LogP contribution is 2.00. The van der Waals surface area contributed by atoms with Gasteiger partial charge in [-0.25, -0.2) is 0 Å². The molecule has 0 bridgehead atoms. The number of hydrogen-bond donors (Lipinski definition) is 1. The molecule has 2 heteroatoms. The predicted octanol–water partition coefficient (Wildman–Crippen LogP) is 1.74. The molecule has 1 N–H and O–H groups in total. The fourth-order valence-electron chi connectivity index (χ4n) is 0.744. The summed E-state index contributed by atoms with van der Waals surface area (Å²) in [5.74, 6) is 4.99. The summed E-state index contributed by atoms with van der Waals surface area (Å²) in [5, 5.41) is 3.36. The molecule has 0 rings (SSSR count). The van der Waals surface area contributed by atoms with E-state index in [1.807, 2.05) is 11.8 Å². The number of hydrogen-bond acceptors (Lipinski definition) is 2. The lowest BCUT2D eigenvalue weighted by molar-refractivity contribution is 0.605. The maximum absolute atomic E-state index is 5.12. The summed E-state index contributed by atoms with van der Waals surface area (Å²) >= 11 is 1.96. The number of thioether (sulfide) groups is 1. The van der Waals surface area contributed by atoms with Crippen molar-refractivity contribution in [1.82, 2.24) is 5.32 Å². The highest BCUT2D eigenvalue weighted by molar-refractivity contribution is 7.99. The van der Waals surface area contributed by atoms with Crippen LogP contribution < -0.4 is 5.32 Å². The highest BCUT2D eigenvalue weighted by atomic mass is 32.2. The van der Waals surface area contributed by atoms with E-state index in [-0.39, 0.29) is 0 Å². The Morgan fingerprint density at radius 1 is 1.64 bits per heavy atom. The third-order valence-corrected chi connectivity index (χ3v) is 2.48. The quantitative estimate of drug-likeness (QED) is 0.482. The smallest absolute Gasteiger partial charge is 0.0212 e. The number of terminal acetylenes is 1. The first kappa shape index (κ1) is 10.9. The molecule has 0 aromatic rings. The van der Waals surface area contributed by atoms with Crippen LogP contribution in [0.3, 0.4) is 0 Å². The lowest BCUT2D eigenvalue weighted by atomic mass is 10.3. The Bertz CT molecular complexity index is 117. The molecular formula is C9H17NS. The molecule has 0 amide bonds. The van der Waals surface area contributed by atoms with Gasteiger partial charge in [-0.3, -0.25) is 0 Å². The lowest BCUT2D eigenvalue weighted by Crippen LogP contribution is -2.28. The molecule has 1 unspecified atom stereocenters. The Kier molecular flexibility index (Phi) is 7.88. The van der Waals surface area contributed by atoms with Gasteiger partial charge in [0.1, 0.15) is 0 Å². The van der Waals surface area contributed by atoms with Gasteiger partial charge >= 0.3 is 0 Å². The van der Waals surface area contributed by atoms with Gasteiger partial charge in [0.15, 0.2) is 0 Å². The monoisotopic (exact) mass is 171 g/mol. The Hall–Kier alpha value is -0.130. The van der Waals surface area contributed by atoms with Crippen LogP contribution in [0.4, 0.5) is 0 Å². The van der Waals surface area contributed by atoms with Crippen molar-refractivity contribution in [1.29, 1.82) is 0 Å². The fraction of sp³-hybridized carbons (Fsp3) is 0.778. The second kappa shape index (κ2) is 7.97. The van der Waals surface area contributed by atoms with Gasteiger partial charge < -0.3 is 5.32 Å². The van der Waals surface area contributed by atoms with E-state index in [1.165, 1.54) is 11.5 Å². The van der Waals surface area contributed by atoms with Crippen LogP contribution in [0.1, 0.15) is 20.3 Å². The van der Waals surface area contributed by atoms with E-state index in [1.54, 1.807) is 0 Å². The van der Waals surface area contributed by atoms with Crippen LogP contribution in [0.2, 0.25) is 0 Å². The van der Waals surface area contributed by atoms with Gasteiger partial charge in [0.05, 0.1) is 0 Å². The normalized spacial score (nSPS) is 12.5. The average Bonchev–Trinajstić information content (AvgIpc) is 2.01. The molecule has 0 aliphatic heterocycles. The van der Waals surface area contributed by atoms with Gasteiger partial charge in [-0.05, 0) is 12.7 Å². The molecule has 0 aromatic heterocycles. The Morgan fingerprint density at radius 2 is 2.36 bits per heavy atom. The van der Waals surface area contributed by atoms with Crippen LogP contribution >= 0.6 is 11.8 Å². The number of nitrogens with one attached hydrogen (secondary N) is 1. The molecule has 11 heavy (non-hydrogen) atoms. The minimum absolute atomic E-state index is 0.591. The van der Waals surface area contributed by atoms with Crippen molar-refractivity contribution in [2.75, 3.05) is 18.1 Å². The topological polar surface area (TPSA) is 12.0 Å². The molecule has 0 radical (unpaired) electrons. The van der Waals surface area contributed by atoms with Crippen LogP contribution in [0, 0.1) is 12.3 Å². The van der Waals surface area contributed by atoms with E-state index < -0.39 is 0 Å². The van der Waals surface area contributed by atoms with E-state index in [4.69, 9.17) is 6.42 Å². The molecule has 1 atom stereocenters. The van der Waals surface area contributed by atoms with Gasteiger partial charge in [0, 0.05) is 24.8 Å². The maximum Gasteiger partial charge on any atom is 0.0212 e. The molecule has 0 saturated carbocycles. The van der Waals surface area contributed by atoms with E-state index in [0.29, 0.717) is 6.04 Å². The fourth-order valence-corrected chi connectivity index (χ4v) is 1.45. The molecule has 0 saturated heterocycles. The van der Waals surface area contributed by atoms with E-state index >= 15 is 0 Å². The Morgan fingerprint density at radius 3 is 2.91 bits per heavy atom. The SMILES string of the molecule is C#CCCNC(C)CSCC. The zero-order valence-electron chi connectivity index (χ0n) is 7.39. The predicted molar refractivity (Wildman–Crippen MR) is 53.9 cm³/mol. The standard InChI is InChI=1S/C9H17NS/c1-4-6-7-10-9(3)8-11-5-2/h1,9-10H,5-8H2,2-3H3. The summed E-state index contributed by atoms with van der Waals surface area (Å²) in [4.78, 5) is 0. The van der Waals surface area contributed by atoms with Gasteiger partial charge in [-0.2, -0.15) is 11.8 Å². The van der Waals surface area contributed by atoms with Crippen molar-refractivity contribution in [3.05, 3.63) is 0 Å². The third kappa shape index (κ3) is 7.77. The van der Waals surface area contributed by atoms with E-state index in [2.05, 4.69) is 25.1 Å². The third-order valence-electron chi connectivity index (χ3n) is 1.33. The Labute approximate surface area is 74.3 Å². The second-order valence-corrected chi connectivity index (χ2v) is 3.79. The molecule has 0 spiro atoms. The van der Waals surface area contributed by atoms with Crippen molar-refractivity contribution >= 4 is 11.8 Å². The summed E-state index contributed by atoms with van der Waals surface area (Å²) in [6.45, 7) is 5.32. The molecule has 0 fully saturated rings. The average molecular weight is 171 g/mol. The largest absolute Gasteiger partial charge is 0.312 e. The molecule has 0 aromatic carbocycles. The first-order valence-electron chi connectivity index (χ1n) is 4.05. The van der Waals surface area contributed by atoms with Crippen molar-refractivity contribution in [2.24, 2.45) is 0 Å². The van der Waals surface area contributed by atoms with Gasteiger partial charge in [-0.1, -0.05) is 6.92 Å². The van der Waals surface area contributed by atoms with Crippen LogP contribution in [0.5, 0.6) is 0 Å². The summed E-state index contributed by atoms with van der Waals surface area (Å²) in [6, 6.07) is 0.591. The lowest BCUT2D eigenvalue weighted by Gasteiger charge is -2.10. The summed E-state index contributed by atoms with van der Waals surface area (Å²) in [5.41, 5.74) is 0. The summed E-state index contributed by atoms with van der Waals surface area (Å²) < 4.78 is 0. The van der Waals surface area contributed by atoms with Crippen LogP contribution in [-0.2, 0) is 0 Å². The van der Waals surface area contributed by atoms with Crippen LogP contribution in [-0.4, -0.2) is 24.1 Å². The second-order valence-electron chi connectivity index (χ2n) is 2.47. The Balaban J connectivity index is 3.10. The zero-order valence-corrected chi connectivity index (χ0v) is 8.21. The minimum atomic E-state index is 0.591. The molecule has 1 nitrogen and oxygen atoms in total. The van der Waals surface area contributed by atoms with Crippen molar-refractivity contribution < 1.29 is 0 Å². The maximum atomic E-state index is 5.12. The van der Waals surface area contributed by atoms with Gasteiger partial charge in [-0.15, -0.1) is 12.3 Å². The number of rotatable bonds is 6. The van der Waals surface area contributed by atoms with E-state index in [0.717, 1.165) is 13.0 Å². The van der Waals surface area contributed by atoms with Crippen molar-refractivity contribution in [2.45, 2.75) is 26.3 Å². The summed E-state index contributed by atoms with van der Waals surface area (Å²) in [7, 11) is 0. The van der Waals surface area contributed by atoms with Gasteiger partial charge in [0.25, 0.3) is 0 Å². The first-order valence-corrected chi connectivity index (χ1v) is 5.21. The molecule has 0 aliphatic rings. The summed E-state index contributed by atoms with van der Waals surface area (Å²) in [6.07, 6.45) is 5.95. The minimum Gasteiger partial charge on any atom is -0.312 e. The van der Waals surface area contributed by atoms with Crippen LogP contribution in [0.15, 0.2) is 0 Å². The van der Waals surface area contributed by atoms with E-state index in [9.17, 15) is 0 Å². The molecule has 0 aliphatic carbocycles. The molecular weight excluding hydrogens is 154 g/mol. The zero-order chi connectivity index (χ0) is 8.53. The van der Waals surface area contributed by atoms with Gasteiger partial charge in [0.2, 0.25) is 0 Å². The molecule has 64 valence electrons. The molecule has 0 heterocycles. The van der Waals surface area contributed by atoms with Crippen molar-refractivity contribution in [3.8, 4) is 12.3 Å².